The topological polar surface area (TPSA) is 55.1 Å². The van der Waals surface area contributed by atoms with Crippen LogP contribution in [0.4, 0.5) is 5.69 Å². The van der Waals surface area contributed by atoms with Crippen LogP contribution in [0.15, 0.2) is 48.5 Å². The van der Waals surface area contributed by atoms with Gasteiger partial charge < -0.3 is 11.1 Å². The largest absolute Gasteiger partial charge is 0.399 e. The van der Waals surface area contributed by atoms with Crippen LogP contribution in [0.5, 0.6) is 0 Å². The molecule has 1 aliphatic rings. The molecule has 0 saturated heterocycles. The first kappa shape index (κ1) is 13.0. The highest BCUT2D eigenvalue weighted by Crippen LogP contribution is 2.40. The molecule has 2 unspecified atom stereocenters. The van der Waals surface area contributed by atoms with Gasteiger partial charge in [-0.1, -0.05) is 41.9 Å². The van der Waals surface area contributed by atoms with E-state index in [-0.39, 0.29) is 11.9 Å². The number of nitrogen functional groups attached to an aromatic ring is 1. The molecule has 3 N–H and O–H groups in total. The van der Waals surface area contributed by atoms with Crippen molar-refractivity contribution in [1.82, 2.24) is 5.32 Å². The van der Waals surface area contributed by atoms with E-state index in [9.17, 15) is 4.79 Å². The van der Waals surface area contributed by atoms with Crippen LogP contribution in [-0.4, -0.2) is 11.9 Å². The SMILES string of the molecule is Nc1ccc(C(=O)NC2CC2c2ccccc2)c(Cl)c1. The summed E-state index contributed by atoms with van der Waals surface area (Å²) >= 11 is 6.04. The van der Waals surface area contributed by atoms with Crippen molar-refractivity contribution in [2.45, 2.75) is 18.4 Å². The highest BCUT2D eigenvalue weighted by Gasteiger charge is 2.39. The van der Waals surface area contributed by atoms with Gasteiger partial charge in [-0.3, -0.25) is 4.79 Å². The lowest BCUT2D eigenvalue weighted by atomic mass is 10.1. The third-order valence-electron chi connectivity index (χ3n) is 3.57. The molecular weight excluding hydrogens is 272 g/mol. The Labute approximate surface area is 122 Å². The van der Waals surface area contributed by atoms with Crippen LogP contribution in [-0.2, 0) is 0 Å². The highest BCUT2D eigenvalue weighted by atomic mass is 35.5. The van der Waals surface area contributed by atoms with Crippen LogP contribution in [0, 0.1) is 0 Å². The molecule has 1 saturated carbocycles. The second-order valence-corrected chi connectivity index (χ2v) is 5.48. The zero-order valence-electron chi connectivity index (χ0n) is 10.8. The fourth-order valence-corrected chi connectivity index (χ4v) is 2.66. The van der Waals surface area contributed by atoms with E-state index in [0.717, 1.165) is 6.42 Å². The second-order valence-electron chi connectivity index (χ2n) is 5.07. The predicted molar refractivity (Wildman–Crippen MR) is 80.9 cm³/mol. The Balaban J connectivity index is 1.66. The van der Waals surface area contributed by atoms with E-state index in [0.29, 0.717) is 22.2 Å². The summed E-state index contributed by atoms with van der Waals surface area (Å²) in [4.78, 5) is 12.2. The maximum Gasteiger partial charge on any atom is 0.253 e. The summed E-state index contributed by atoms with van der Waals surface area (Å²) in [7, 11) is 0. The van der Waals surface area contributed by atoms with Gasteiger partial charge >= 0.3 is 0 Å². The average molecular weight is 287 g/mol. The molecule has 4 heteroatoms. The Hall–Kier alpha value is -2.00. The van der Waals surface area contributed by atoms with Crippen molar-refractivity contribution in [1.29, 1.82) is 0 Å². The smallest absolute Gasteiger partial charge is 0.253 e. The number of halogens is 1. The molecule has 20 heavy (non-hydrogen) atoms. The van der Waals surface area contributed by atoms with E-state index in [1.165, 1.54) is 5.56 Å². The minimum Gasteiger partial charge on any atom is -0.399 e. The summed E-state index contributed by atoms with van der Waals surface area (Å²) in [5.41, 5.74) is 7.92. The maximum atomic E-state index is 12.2. The molecule has 1 aliphatic carbocycles. The molecule has 1 amide bonds. The van der Waals surface area contributed by atoms with Gasteiger partial charge in [0.25, 0.3) is 5.91 Å². The van der Waals surface area contributed by atoms with Crippen molar-refractivity contribution < 1.29 is 4.79 Å². The number of hydrogen-bond acceptors (Lipinski definition) is 2. The van der Waals surface area contributed by atoms with E-state index in [1.807, 2.05) is 18.2 Å². The summed E-state index contributed by atoms with van der Waals surface area (Å²) in [6, 6.07) is 15.3. The molecule has 0 aromatic heterocycles. The lowest BCUT2D eigenvalue weighted by Crippen LogP contribution is -2.26. The number of hydrogen-bond donors (Lipinski definition) is 2. The molecule has 102 valence electrons. The van der Waals surface area contributed by atoms with Gasteiger partial charge in [0.05, 0.1) is 10.6 Å². The maximum absolute atomic E-state index is 12.2. The predicted octanol–water partition coefficient (Wildman–Crippen LogP) is 3.21. The van der Waals surface area contributed by atoms with Crippen LogP contribution < -0.4 is 11.1 Å². The van der Waals surface area contributed by atoms with E-state index >= 15 is 0 Å². The fourth-order valence-electron chi connectivity index (χ4n) is 2.38. The molecule has 1 fully saturated rings. The third-order valence-corrected chi connectivity index (χ3v) is 3.89. The van der Waals surface area contributed by atoms with Gasteiger partial charge in [0.15, 0.2) is 0 Å². The van der Waals surface area contributed by atoms with Gasteiger partial charge in [0.2, 0.25) is 0 Å². The number of amides is 1. The molecule has 3 rings (SSSR count). The van der Waals surface area contributed by atoms with Crippen molar-refractivity contribution in [3.8, 4) is 0 Å². The van der Waals surface area contributed by atoms with Crippen molar-refractivity contribution in [2.75, 3.05) is 5.73 Å². The van der Waals surface area contributed by atoms with E-state index in [1.54, 1.807) is 18.2 Å². The van der Waals surface area contributed by atoms with Gasteiger partial charge in [0, 0.05) is 17.6 Å². The Bertz CT molecular complexity index is 642. The first-order chi connectivity index (χ1) is 9.65. The van der Waals surface area contributed by atoms with E-state index in [2.05, 4.69) is 17.4 Å². The standard InChI is InChI=1S/C16H15ClN2O/c17-14-8-11(18)6-7-12(14)16(20)19-15-9-13(15)10-4-2-1-3-5-10/h1-8,13,15H,9,18H2,(H,19,20). The number of carbonyl (C=O) groups is 1. The average Bonchev–Trinajstić information content (AvgIpc) is 3.18. The molecule has 2 atom stereocenters. The molecule has 0 heterocycles. The van der Waals surface area contributed by atoms with Crippen LogP contribution in [0.1, 0.15) is 28.3 Å². The summed E-state index contributed by atoms with van der Waals surface area (Å²) < 4.78 is 0. The van der Waals surface area contributed by atoms with Crippen molar-refractivity contribution >= 4 is 23.2 Å². The Kier molecular flexibility index (Phi) is 3.36. The van der Waals surface area contributed by atoms with Crippen LogP contribution >= 0.6 is 11.6 Å². The van der Waals surface area contributed by atoms with Gasteiger partial charge in [-0.15, -0.1) is 0 Å². The minimum atomic E-state index is -0.140. The third kappa shape index (κ3) is 2.63. The van der Waals surface area contributed by atoms with Crippen LogP contribution in [0.2, 0.25) is 5.02 Å². The normalized spacial score (nSPS) is 20.4. The lowest BCUT2D eigenvalue weighted by molar-refractivity contribution is 0.0950. The molecule has 2 aromatic rings. The number of carbonyl (C=O) groups excluding carboxylic acids is 1. The first-order valence-electron chi connectivity index (χ1n) is 6.56. The summed E-state index contributed by atoms with van der Waals surface area (Å²) in [6.07, 6.45) is 0.975. The second kappa shape index (κ2) is 5.17. The molecule has 0 spiro atoms. The minimum absolute atomic E-state index is 0.140. The summed E-state index contributed by atoms with van der Waals surface area (Å²) in [5, 5.41) is 3.40. The molecule has 0 aliphatic heterocycles. The monoisotopic (exact) mass is 286 g/mol. The number of rotatable bonds is 3. The number of nitrogens with one attached hydrogen (secondary N) is 1. The Morgan fingerprint density at radius 1 is 1.20 bits per heavy atom. The Morgan fingerprint density at radius 2 is 1.95 bits per heavy atom. The van der Waals surface area contributed by atoms with Crippen molar-refractivity contribution in [3.63, 3.8) is 0 Å². The van der Waals surface area contributed by atoms with Gasteiger partial charge in [-0.05, 0) is 30.2 Å². The molecule has 3 nitrogen and oxygen atoms in total. The van der Waals surface area contributed by atoms with Crippen molar-refractivity contribution in [3.05, 3.63) is 64.7 Å². The fraction of sp³-hybridized carbons (Fsp3) is 0.188. The van der Waals surface area contributed by atoms with Crippen LogP contribution in [0.25, 0.3) is 0 Å². The number of benzene rings is 2. The quantitative estimate of drug-likeness (QED) is 0.851. The Morgan fingerprint density at radius 3 is 2.65 bits per heavy atom. The summed E-state index contributed by atoms with van der Waals surface area (Å²) in [6.45, 7) is 0. The van der Waals surface area contributed by atoms with E-state index in [4.69, 9.17) is 17.3 Å². The zero-order valence-corrected chi connectivity index (χ0v) is 11.6. The molecule has 0 bridgehead atoms. The van der Waals surface area contributed by atoms with Gasteiger partial charge in [-0.25, -0.2) is 0 Å². The van der Waals surface area contributed by atoms with E-state index < -0.39 is 0 Å². The number of anilines is 1. The van der Waals surface area contributed by atoms with Crippen LogP contribution in [0.3, 0.4) is 0 Å². The molecular formula is C16H15ClN2O. The lowest BCUT2D eigenvalue weighted by Gasteiger charge is -2.07. The molecule has 0 radical (unpaired) electrons. The van der Waals surface area contributed by atoms with Gasteiger partial charge in [-0.2, -0.15) is 0 Å². The van der Waals surface area contributed by atoms with Gasteiger partial charge in [0.1, 0.15) is 0 Å². The molecule has 2 aromatic carbocycles. The van der Waals surface area contributed by atoms with Crippen molar-refractivity contribution in [2.24, 2.45) is 0 Å². The highest BCUT2D eigenvalue weighted by molar-refractivity contribution is 6.34. The number of nitrogens with two attached hydrogens (primary N) is 1. The summed E-state index contributed by atoms with van der Waals surface area (Å²) in [5.74, 6) is 0.270. The zero-order chi connectivity index (χ0) is 14.1. The first-order valence-corrected chi connectivity index (χ1v) is 6.94.